The molecule has 220 valence electrons. The number of aliphatic hydroxyl groups is 1. The molecule has 0 rings (SSSR count). The van der Waals surface area contributed by atoms with Gasteiger partial charge >= 0.3 is 6.30 Å². The third-order valence-electron chi connectivity index (χ3n) is 6.30. The van der Waals surface area contributed by atoms with Crippen molar-refractivity contribution >= 4 is 43.6 Å². The molecule has 0 aliphatic carbocycles. The molecule has 0 saturated heterocycles. The van der Waals surface area contributed by atoms with Crippen molar-refractivity contribution in [2.24, 2.45) is 0 Å². The van der Waals surface area contributed by atoms with E-state index >= 15 is 0 Å². The largest absolute Gasteiger partial charge is 0.396 e. The van der Waals surface area contributed by atoms with Crippen LogP contribution in [-0.2, 0) is 18.4 Å². The van der Waals surface area contributed by atoms with Crippen molar-refractivity contribution in [1.82, 2.24) is 5.32 Å². The van der Waals surface area contributed by atoms with Crippen molar-refractivity contribution < 1.29 is 23.5 Å². The van der Waals surface area contributed by atoms with Gasteiger partial charge in [0.05, 0.1) is 25.4 Å². The van der Waals surface area contributed by atoms with E-state index in [2.05, 4.69) is 50.6 Å². The van der Waals surface area contributed by atoms with Gasteiger partial charge in [0.2, 0.25) is 5.91 Å². The summed E-state index contributed by atoms with van der Waals surface area (Å²) in [6.45, 7) is 4.52. The molecule has 0 bridgehead atoms. The highest BCUT2D eigenvalue weighted by molar-refractivity contribution is 9.39. The zero-order valence-electron chi connectivity index (χ0n) is 23.4. The number of hydrogen-bond donors (Lipinski definition) is 2. The number of allylic oxidation sites excluding steroid dienone is 1. The maximum absolute atomic E-state index is 12.5. The van der Waals surface area contributed by atoms with Crippen molar-refractivity contribution in [3.63, 3.8) is 0 Å². The maximum Gasteiger partial charge on any atom is 0.396 e. The van der Waals surface area contributed by atoms with Gasteiger partial charge in [0.25, 0.3) is 0 Å². The second-order valence-electron chi connectivity index (χ2n) is 9.83. The van der Waals surface area contributed by atoms with Crippen LogP contribution < -0.4 is 5.32 Å². The highest BCUT2D eigenvalue weighted by Crippen LogP contribution is 2.56. The average Bonchev–Trinajstić information content (AvgIpc) is 2.87. The Morgan fingerprint density at radius 2 is 1.38 bits per heavy atom. The fourth-order valence-electron chi connectivity index (χ4n) is 4.04. The molecule has 3 atom stereocenters. The molecule has 0 aliphatic heterocycles. The second kappa shape index (κ2) is 26.5. The number of amides is 1. The van der Waals surface area contributed by atoms with Crippen LogP contribution in [0.5, 0.6) is 0 Å². The SMILES string of the molecule is CCCCCCCCCCCCC/C=C/[C@@H](O)[C@H](COP(=O)(Br)OCCBr)NC(=O)CCCCCCC. The number of rotatable bonds is 27. The smallest absolute Gasteiger partial charge is 0.387 e. The summed E-state index contributed by atoms with van der Waals surface area (Å²) in [6, 6.07) is -0.699. The Kier molecular flexibility index (Phi) is 26.7. The first kappa shape index (κ1) is 37.3. The van der Waals surface area contributed by atoms with Gasteiger partial charge in [-0.1, -0.05) is 132 Å². The third-order valence-corrected chi connectivity index (χ3v) is 8.81. The van der Waals surface area contributed by atoms with Crippen molar-refractivity contribution in [2.45, 2.75) is 142 Å². The average molecular weight is 676 g/mol. The number of hydrogen-bond acceptors (Lipinski definition) is 5. The molecule has 0 spiro atoms. The number of unbranched alkanes of at least 4 members (excludes halogenated alkanes) is 15. The van der Waals surface area contributed by atoms with E-state index in [4.69, 9.17) is 9.05 Å². The van der Waals surface area contributed by atoms with E-state index in [1.165, 1.54) is 70.6 Å². The van der Waals surface area contributed by atoms with E-state index in [1.54, 1.807) is 6.08 Å². The quantitative estimate of drug-likeness (QED) is 0.0392. The van der Waals surface area contributed by atoms with Gasteiger partial charge in [-0.15, -0.1) is 0 Å². The molecule has 2 N–H and O–H groups in total. The first-order chi connectivity index (χ1) is 17.9. The summed E-state index contributed by atoms with van der Waals surface area (Å²) in [5.74, 6) is -0.131. The van der Waals surface area contributed by atoms with Crippen LogP contribution in [0.25, 0.3) is 0 Å². The lowest BCUT2D eigenvalue weighted by atomic mass is 10.0. The lowest BCUT2D eigenvalue weighted by Gasteiger charge is -2.23. The predicted molar refractivity (Wildman–Crippen MR) is 164 cm³/mol. The van der Waals surface area contributed by atoms with Gasteiger partial charge in [-0.25, -0.2) is 4.57 Å². The van der Waals surface area contributed by atoms with Gasteiger partial charge in [0, 0.05) is 27.2 Å². The molecular weight excluding hydrogens is 621 g/mol. The van der Waals surface area contributed by atoms with E-state index in [-0.39, 0.29) is 19.1 Å². The summed E-state index contributed by atoms with van der Waals surface area (Å²) < 4.78 is 23.0. The highest BCUT2D eigenvalue weighted by Gasteiger charge is 2.26. The minimum atomic E-state index is -3.44. The Bertz CT molecular complexity index is 609. The molecule has 0 aromatic heterocycles. The van der Waals surface area contributed by atoms with E-state index in [9.17, 15) is 14.5 Å². The molecule has 0 aliphatic rings. The number of nitrogens with one attached hydrogen (secondary N) is 1. The normalized spacial score (nSPS) is 15.1. The van der Waals surface area contributed by atoms with Gasteiger partial charge in [0.15, 0.2) is 0 Å². The van der Waals surface area contributed by atoms with Gasteiger partial charge in [0.1, 0.15) is 0 Å². The van der Waals surface area contributed by atoms with Crippen LogP contribution in [-0.4, -0.2) is 41.7 Å². The molecule has 1 unspecified atom stereocenters. The minimum Gasteiger partial charge on any atom is -0.387 e. The second-order valence-corrected chi connectivity index (χ2v) is 14.6. The van der Waals surface area contributed by atoms with Crippen LogP contribution in [0, 0.1) is 0 Å². The Balaban J connectivity index is 4.40. The molecule has 1 amide bonds. The summed E-state index contributed by atoms with van der Waals surface area (Å²) >= 11 is 6.21. The van der Waals surface area contributed by atoms with Crippen LogP contribution in [0.1, 0.15) is 129 Å². The fraction of sp³-hybridized carbons (Fsp3) is 0.893. The molecular formula is C28H54Br2NO5P. The summed E-state index contributed by atoms with van der Waals surface area (Å²) in [6.07, 6.45) is 20.2. The molecule has 0 aromatic carbocycles. The van der Waals surface area contributed by atoms with E-state index < -0.39 is 18.4 Å². The zero-order valence-corrected chi connectivity index (χ0v) is 27.5. The van der Waals surface area contributed by atoms with Gasteiger partial charge in [-0.2, -0.15) is 0 Å². The van der Waals surface area contributed by atoms with Crippen LogP contribution in [0.4, 0.5) is 0 Å². The maximum atomic E-state index is 12.5. The minimum absolute atomic E-state index is 0.115. The van der Waals surface area contributed by atoms with Gasteiger partial charge < -0.3 is 10.4 Å². The summed E-state index contributed by atoms with van der Waals surface area (Å²) in [7, 11) is 0. The number of alkyl halides is 1. The lowest BCUT2D eigenvalue weighted by molar-refractivity contribution is -0.122. The van der Waals surface area contributed by atoms with Crippen LogP contribution in [0.2, 0.25) is 0 Å². The first-order valence-corrected chi connectivity index (χ1v) is 19.3. The Labute approximate surface area is 243 Å². The Morgan fingerprint density at radius 3 is 1.92 bits per heavy atom. The molecule has 0 aromatic rings. The number of halogens is 2. The predicted octanol–water partition coefficient (Wildman–Crippen LogP) is 9.38. The monoisotopic (exact) mass is 673 g/mol. The Morgan fingerprint density at radius 1 is 0.865 bits per heavy atom. The molecule has 0 heterocycles. The van der Waals surface area contributed by atoms with E-state index in [0.29, 0.717) is 11.8 Å². The van der Waals surface area contributed by atoms with Crippen LogP contribution in [0.3, 0.4) is 0 Å². The molecule has 37 heavy (non-hydrogen) atoms. The summed E-state index contributed by atoms with van der Waals surface area (Å²) in [5.41, 5.74) is 0. The highest BCUT2D eigenvalue weighted by atomic mass is 79.9. The molecule has 9 heteroatoms. The van der Waals surface area contributed by atoms with Crippen molar-refractivity contribution in [2.75, 3.05) is 18.5 Å². The number of carbonyl (C=O) groups is 1. The van der Waals surface area contributed by atoms with Crippen molar-refractivity contribution in [3.05, 3.63) is 12.2 Å². The summed E-state index contributed by atoms with van der Waals surface area (Å²) in [5, 5.41) is 14.1. The first-order valence-electron chi connectivity index (χ1n) is 14.6. The molecule has 0 fully saturated rings. The standard InChI is InChI=1S/C28H54Br2NO5P/c1-3-5-7-9-10-11-12-13-14-15-16-18-19-21-27(32)26(25-36-37(30,34)35-24-23-29)31-28(33)22-20-17-8-6-4-2/h19,21,26-27,32H,3-18,20,22-25H2,1-2H3,(H,31,33)/b21-19+/t26-,27+,37?/m0/s1. The van der Waals surface area contributed by atoms with Crippen LogP contribution in [0.15, 0.2) is 12.2 Å². The number of carbonyl (C=O) groups excluding carboxylic acids is 1. The van der Waals surface area contributed by atoms with Gasteiger partial charge in [-0.3, -0.25) is 13.8 Å². The molecule has 0 saturated carbocycles. The van der Waals surface area contributed by atoms with E-state index in [0.717, 1.165) is 38.5 Å². The van der Waals surface area contributed by atoms with Crippen molar-refractivity contribution in [3.8, 4) is 0 Å². The van der Waals surface area contributed by atoms with E-state index in [1.807, 2.05) is 6.08 Å². The Hall–Kier alpha value is 0.280. The zero-order chi connectivity index (χ0) is 27.6. The third kappa shape index (κ3) is 25.0. The molecule has 0 radical (unpaired) electrons. The van der Waals surface area contributed by atoms with Gasteiger partial charge in [-0.05, 0) is 19.3 Å². The van der Waals surface area contributed by atoms with Crippen LogP contribution >= 0.6 is 37.7 Å². The van der Waals surface area contributed by atoms with Crippen molar-refractivity contribution in [1.29, 1.82) is 0 Å². The topological polar surface area (TPSA) is 84.9 Å². The molecule has 6 nitrogen and oxygen atoms in total. The fourth-order valence-corrected chi connectivity index (χ4v) is 5.96. The summed E-state index contributed by atoms with van der Waals surface area (Å²) in [4.78, 5) is 12.5. The number of aliphatic hydroxyl groups excluding tert-OH is 1. The lowest BCUT2D eigenvalue weighted by Crippen LogP contribution is -2.45.